The number of nitrogens with zero attached hydrogens (tertiary/aromatic N) is 2. The molecule has 0 aromatic rings. The van der Waals surface area contributed by atoms with Gasteiger partial charge in [-0.15, -0.1) is 0 Å². The molecule has 0 aromatic heterocycles. The van der Waals surface area contributed by atoms with Crippen molar-refractivity contribution >= 4 is 24.2 Å². The second kappa shape index (κ2) is 20.0. The van der Waals surface area contributed by atoms with Crippen molar-refractivity contribution in [2.75, 3.05) is 52.4 Å². The van der Waals surface area contributed by atoms with Gasteiger partial charge in [-0.25, -0.2) is 19.2 Å². The molecule has 12 heteroatoms. The van der Waals surface area contributed by atoms with Gasteiger partial charge < -0.3 is 40.5 Å². The smallest absolute Gasteiger partial charge is 0.410 e. The summed E-state index contributed by atoms with van der Waals surface area (Å²) in [7, 11) is 0. The van der Waals surface area contributed by atoms with Gasteiger partial charge in [-0.1, -0.05) is 13.8 Å². The van der Waals surface area contributed by atoms with Crippen molar-refractivity contribution in [3.63, 3.8) is 0 Å². The SMILES string of the molecule is CCCNC(=O)NCCCN(CCCCN(CCCNC(=O)NCCC)C(=O)OC(C)(C)C)C(=O)OC(C)(C)C. The number of unbranched alkanes of at least 4 members (excludes halogenated alkanes) is 1. The quantitative estimate of drug-likeness (QED) is 0.190. The summed E-state index contributed by atoms with van der Waals surface area (Å²) in [4.78, 5) is 52.4. The van der Waals surface area contributed by atoms with E-state index < -0.39 is 23.4 Å². The van der Waals surface area contributed by atoms with Crippen LogP contribution in [0.25, 0.3) is 0 Å². The van der Waals surface area contributed by atoms with E-state index in [0.29, 0.717) is 78.0 Å². The molecule has 0 aliphatic carbocycles. The first-order valence-corrected chi connectivity index (χ1v) is 14.7. The van der Waals surface area contributed by atoms with Gasteiger partial charge in [0.15, 0.2) is 0 Å². The van der Waals surface area contributed by atoms with E-state index in [0.717, 1.165) is 12.8 Å². The number of ether oxygens (including phenoxy) is 2. The maximum absolute atomic E-state index is 12.8. The van der Waals surface area contributed by atoms with Crippen LogP contribution in [-0.4, -0.2) is 97.6 Å². The van der Waals surface area contributed by atoms with E-state index in [1.165, 1.54) is 0 Å². The number of urea groups is 2. The summed E-state index contributed by atoms with van der Waals surface area (Å²) < 4.78 is 11.1. The fraction of sp³-hybridized carbons (Fsp3) is 0.857. The van der Waals surface area contributed by atoms with Crippen molar-refractivity contribution in [2.45, 2.75) is 105 Å². The van der Waals surface area contributed by atoms with Gasteiger partial charge in [-0.05, 0) is 80.1 Å². The number of nitrogens with one attached hydrogen (secondary N) is 4. The predicted molar refractivity (Wildman–Crippen MR) is 157 cm³/mol. The van der Waals surface area contributed by atoms with Crippen LogP contribution in [0.3, 0.4) is 0 Å². The van der Waals surface area contributed by atoms with Crippen LogP contribution in [0.4, 0.5) is 19.2 Å². The van der Waals surface area contributed by atoms with E-state index in [2.05, 4.69) is 21.3 Å². The molecule has 0 aliphatic rings. The zero-order chi connectivity index (χ0) is 30.6. The molecule has 0 unspecified atom stereocenters. The van der Waals surface area contributed by atoms with Crippen LogP contribution in [0, 0.1) is 0 Å². The summed E-state index contributed by atoms with van der Waals surface area (Å²) in [6.07, 6.45) is 3.39. The normalized spacial score (nSPS) is 11.3. The fourth-order valence-electron chi connectivity index (χ4n) is 3.39. The molecule has 0 spiro atoms. The van der Waals surface area contributed by atoms with E-state index in [9.17, 15) is 19.2 Å². The molecule has 0 atom stereocenters. The Hall–Kier alpha value is -2.92. The van der Waals surface area contributed by atoms with Gasteiger partial charge >= 0.3 is 24.2 Å². The second-order valence-electron chi connectivity index (χ2n) is 11.7. The molecular weight excluding hydrogens is 516 g/mol. The summed E-state index contributed by atoms with van der Waals surface area (Å²) in [5, 5.41) is 11.1. The van der Waals surface area contributed by atoms with Crippen molar-refractivity contribution < 1.29 is 28.7 Å². The maximum Gasteiger partial charge on any atom is 0.410 e. The molecule has 0 fully saturated rings. The van der Waals surface area contributed by atoms with Crippen LogP contribution in [0.5, 0.6) is 0 Å². The maximum atomic E-state index is 12.8. The van der Waals surface area contributed by atoms with Gasteiger partial charge in [-0.2, -0.15) is 0 Å². The molecule has 0 radical (unpaired) electrons. The molecule has 0 aliphatic heterocycles. The molecule has 0 heterocycles. The Morgan fingerprint density at radius 1 is 0.525 bits per heavy atom. The van der Waals surface area contributed by atoms with Crippen LogP contribution in [-0.2, 0) is 9.47 Å². The zero-order valence-corrected chi connectivity index (χ0v) is 26.2. The average molecular weight is 573 g/mol. The van der Waals surface area contributed by atoms with Gasteiger partial charge in [0.05, 0.1) is 0 Å². The first-order chi connectivity index (χ1) is 18.7. The molecule has 0 bridgehead atoms. The number of hydrogen-bond acceptors (Lipinski definition) is 6. The Morgan fingerprint density at radius 2 is 0.825 bits per heavy atom. The lowest BCUT2D eigenvalue weighted by Crippen LogP contribution is -2.41. The minimum atomic E-state index is -0.622. The molecule has 0 saturated carbocycles. The molecule has 0 rings (SSSR count). The van der Waals surface area contributed by atoms with E-state index in [1.807, 2.05) is 55.4 Å². The van der Waals surface area contributed by atoms with Crippen molar-refractivity contribution in [3.8, 4) is 0 Å². The standard InChI is InChI=1S/C28H56N6O6/c1-9-15-29-23(35)31-17-13-21-33(25(37)39-27(3,4)5)19-11-12-20-34(26(38)40-28(6,7)8)22-14-18-32-24(36)30-16-10-2/h9-22H2,1-8H3,(H2,29,31,35)(H2,30,32,36). The lowest BCUT2D eigenvalue weighted by Gasteiger charge is -2.29. The number of rotatable bonds is 17. The van der Waals surface area contributed by atoms with E-state index >= 15 is 0 Å². The Bertz CT molecular complexity index is 689. The number of amides is 6. The highest BCUT2D eigenvalue weighted by atomic mass is 16.6. The molecule has 0 saturated heterocycles. The molecular formula is C28H56N6O6. The topological polar surface area (TPSA) is 141 Å². The third-order valence-corrected chi connectivity index (χ3v) is 5.26. The first kappa shape index (κ1) is 37.1. The highest BCUT2D eigenvalue weighted by Crippen LogP contribution is 2.13. The van der Waals surface area contributed by atoms with Gasteiger partial charge in [0, 0.05) is 52.4 Å². The Morgan fingerprint density at radius 3 is 1.12 bits per heavy atom. The van der Waals surface area contributed by atoms with Gasteiger partial charge in [0.25, 0.3) is 0 Å². The highest BCUT2D eigenvalue weighted by Gasteiger charge is 2.24. The van der Waals surface area contributed by atoms with E-state index in [4.69, 9.17) is 9.47 Å². The van der Waals surface area contributed by atoms with E-state index in [1.54, 1.807) is 9.80 Å². The summed E-state index contributed by atoms with van der Waals surface area (Å²) in [6.45, 7) is 18.8. The largest absolute Gasteiger partial charge is 0.444 e. The first-order valence-electron chi connectivity index (χ1n) is 14.7. The molecule has 6 amide bonds. The summed E-state index contributed by atoms with van der Waals surface area (Å²) in [6, 6.07) is -0.436. The van der Waals surface area contributed by atoms with Crippen molar-refractivity contribution in [3.05, 3.63) is 0 Å². The minimum Gasteiger partial charge on any atom is -0.444 e. The summed E-state index contributed by atoms with van der Waals surface area (Å²) in [5.74, 6) is 0. The lowest BCUT2D eigenvalue weighted by molar-refractivity contribution is 0.0208. The lowest BCUT2D eigenvalue weighted by atomic mass is 10.2. The van der Waals surface area contributed by atoms with E-state index in [-0.39, 0.29) is 12.1 Å². The van der Waals surface area contributed by atoms with Gasteiger partial charge in [0.1, 0.15) is 11.2 Å². The summed E-state index contributed by atoms with van der Waals surface area (Å²) in [5.41, 5.74) is -1.24. The number of carbonyl (C=O) groups is 4. The molecule has 40 heavy (non-hydrogen) atoms. The fourth-order valence-corrected chi connectivity index (χ4v) is 3.39. The monoisotopic (exact) mass is 572 g/mol. The van der Waals surface area contributed by atoms with Crippen LogP contribution in [0.2, 0.25) is 0 Å². The average Bonchev–Trinajstić information content (AvgIpc) is 2.83. The minimum absolute atomic E-state index is 0.218. The summed E-state index contributed by atoms with van der Waals surface area (Å²) >= 11 is 0. The highest BCUT2D eigenvalue weighted by molar-refractivity contribution is 5.74. The van der Waals surface area contributed by atoms with Crippen molar-refractivity contribution in [1.29, 1.82) is 0 Å². The van der Waals surface area contributed by atoms with Crippen molar-refractivity contribution in [1.82, 2.24) is 31.1 Å². The number of hydrogen-bond donors (Lipinski definition) is 4. The molecule has 4 N–H and O–H groups in total. The predicted octanol–water partition coefficient (Wildman–Crippen LogP) is 4.44. The van der Waals surface area contributed by atoms with Crippen LogP contribution in [0.1, 0.15) is 93.9 Å². The Balaban J connectivity index is 4.91. The van der Waals surface area contributed by atoms with Gasteiger partial charge in [0.2, 0.25) is 0 Å². The van der Waals surface area contributed by atoms with Crippen LogP contribution < -0.4 is 21.3 Å². The molecule has 234 valence electrons. The van der Waals surface area contributed by atoms with Gasteiger partial charge in [-0.3, -0.25) is 0 Å². The van der Waals surface area contributed by atoms with Crippen molar-refractivity contribution in [2.24, 2.45) is 0 Å². The molecule has 0 aromatic carbocycles. The second-order valence-corrected chi connectivity index (χ2v) is 11.7. The zero-order valence-electron chi connectivity index (χ0n) is 26.2. The van der Waals surface area contributed by atoms with Crippen LogP contribution >= 0.6 is 0 Å². The Kier molecular flexibility index (Phi) is 18.6. The van der Waals surface area contributed by atoms with Crippen LogP contribution in [0.15, 0.2) is 0 Å². The third kappa shape index (κ3) is 21.0. The number of carbonyl (C=O) groups excluding carboxylic acids is 4. The molecule has 12 nitrogen and oxygen atoms in total. The Labute approximate surface area is 241 Å². The third-order valence-electron chi connectivity index (χ3n) is 5.26.